The summed E-state index contributed by atoms with van der Waals surface area (Å²) in [6.45, 7) is 0. The highest BCUT2D eigenvalue weighted by atomic mass is 19.4. The number of aliphatic hydroxyl groups is 1. The molecule has 2 aromatic rings. The third kappa shape index (κ3) is 2.83. The Morgan fingerprint density at radius 3 is 2.20 bits per heavy atom. The molecule has 136 valence electrons. The molecule has 2 heterocycles. The Morgan fingerprint density at radius 1 is 1.08 bits per heavy atom. The van der Waals surface area contributed by atoms with Crippen molar-refractivity contribution >= 4 is 0 Å². The maximum Gasteiger partial charge on any atom is 0.435 e. The highest BCUT2D eigenvalue weighted by molar-refractivity contribution is 5.43. The Hall–Kier alpha value is -2.24. The van der Waals surface area contributed by atoms with E-state index >= 15 is 0 Å². The predicted octanol–water partition coefficient (Wildman–Crippen LogP) is 3.53. The fourth-order valence-electron chi connectivity index (χ4n) is 2.56. The number of halogens is 8. The van der Waals surface area contributed by atoms with E-state index in [2.05, 4.69) is 10.1 Å². The number of aliphatic hydroxyl groups excluding tert-OH is 1. The number of nitrogens with zero attached hydrogens (tertiary/aromatic N) is 3. The number of hydrogen-bond acceptors (Lipinski definition) is 3. The lowest BCUT2D eigenvalue weighted by Gasteiger charge is -2.15. The minimum atomic E-state index is -5.13. The average Bonchev–Trinajstić information content (AvgIpc) is 2.93. The normalized spacial score (nSPS) is 20.0. The summed E-state index contributed by atoms with van der Waals surface area (Å²) in [4.78, 5) is 3.06. The lowest BCUT2D eigenvalue weighted by Crippen LogP contribution is -2.24. The number of alkyl halides is 8. The first-order chi connectivity index (χ1) is 11.3. The van der Waals surface area contributed by atoms with E-state index in [0.29, 0.717) is 16.9 Å². The molecule has 12 heteroatoms. The monoisotopic (exact) mass is 373 g/mol. The molecular weight excluding hydrogens is 366 g/mol. The van der Waals surface area contributed by atoms with Crippen molar-refractivity contribution in [3.8, 4) is 5.69 Å². The number of pyridine rings is 1. The molecule has 1 N–H and O–H groups in total. The summed E-state index contributed by atoms with van der Waals surface area (Å²) >= 11 is 0. The van der Waals surface area contributed by atoms with Crippen LogP contribution in [0.2, 0.25) is 0 Å². The zero-order chi connectivity index (χ0) is 18.8. The van der Waals surface area contributed by atoms with Gasteiger partial charge in [-0.3, -0.25) is 0 Å². The van der Waals surface area contributed by atoms with E-state index in [1.54, 1.807) is 0 Å². The number of hydrogen-bond donors (Lipinski definition) is 1. The van der Waals surface area contributed by atoms with E-state index in [9.17, 15) is 40.2 Å². The summed E-state index contributed by atoms with van der Waals surface area (Å²) in [6.07, 6.45) is -13.3. The van der Waals surface area contributed by atoms with Gasteiger partial charge in [0.2, 0.25) is 0 Å². The van der Waals surface area contributed by atoms with Crippen LogP contribution in [-0.2, 0) is 18.8 Å². The van der Waals surface area contributed by atoms with E-state index in [1.807, 2.05) is 0 Å². The first kappa shape index (κ1) is 17.6. The first-order valence-corrected chi connectivity index (χ1v) is 6.61. The Morgan fingerprint density at radius 2 is 1.72 bits per heavy atom. The quantitative estimate of drug-likeness (QED) is 0.779. The number of aromatic nitrogens is 3. The van der Waals surface area contributed by atoms with Gasteiger partial charge in [0.05, 0.1) is 24.0 Å². The molecule has 0 spiro atoms. The zero-order valence-electron chi connectivity index (χ0n) is 11.8. The van der Waals surface area contributed by atoms with Gasteiger partial charge >= 0.3 is 12.4 Å². The lowest BCUT2D eigenvalue weighted by molar-refractivity contribution is -0.146. The van der Waals surface area contributed by atoms with Crippen LogP contribution in [0.15, 0.2) is 18.3 Å². The van der Waals surface area contributed by atoms with Crippen LogP contribution < -0.4 is 0 Å². The fourth-order valence-corrected chi connectivity index (χ4v) is 2.56. The predicted molar refractivity (Wildman–Crippen MR) is 65.0 cm³/mol. The Balaban J connectivity index is 2.15. The Bertz CT molecular complexity index is 806. The Kier molecular flexibility index (Phi) is 3.61. The van der Waals surface area contributed by atoms with Gasteiger partial charge in [-0.25, -0.2) is 18.4 Å². The molecule has 3 rings (SSSR count). The molecule has 0 saturated carbocycles. The molecule has 1 aliphatic rings. The van der Waals surface area contributed by atoms with Crippen molar-refractivity contribution < 1.29 is 40.2 Å². The minimum Gasteiger partial charge on any atom is -0.382 e. The molecule has 1 atom stereocenters. The first-order valence-electron chi connectivity index (χ1n) is 6.61. The maximum atomic E-state index is 13.6. The minimum absolute atomic E-state index is 0.371. The van der Waals surface area contributed by atoms with Crippen molar-refractivity contribution in [1.82, 2.24) is 14.8 Å². The smallest absolute Gasteiger partial charge is 0.382 e. The molecular formula is C13H7F8N3O. The highest BCUT2D eigenvalue weighted by Crippen LogP contribution is 2.48. The van der Waals surface area contributed by atoms with Crippen LogP contribution in [0.25, 0.3) is 5.69 Å². The molecule has 0 aromatic carbocycles. The molecule has 0 radical (unpaired) electrons. The molecule has 2 aromatic heterocycles. The second-order valence-corrected chi connectivity index (χ2v) is 5.36. The van der Waals surface area contributed by atoms with E-state index < -0.39 is 53.4 Å². The van der Waals surface area contributed by atoms with Gasteiger partial charge in [-0.2, -0.15) is 31.4 Å². The summed E-state index contributed by atoms with van der Waals surface area (Å²) in [7, 11) is 0. The van der Waals surface area contributed by atoms with Gasteiger partial charge in [-0.05, 0) is 12.1 Å². The molecule has 1 aliphatic carbocycles. The zero-order valence-corrected chi connectivity index (χ0v) is 11.8. The van der Waals surface area contributed by atoms with Crippen LogP contribution in [0.1, 0.15) is 28.7 Å². The largest absolute Gasteiger partial charge is 0.435 e. The van der Waals surface area contributed by atoms with Gasteiger partial charge in [-0.15, -0.1) is 0 Å². The van der Waals surface area contributed by atoms with E-state index in [-0.39, 0.29) is 5.69 Å². The summed E-state index contributed by atoms with van der Waals surface area (Å²) in [5.74, 6) is -3.85. The maximum absolute atomic E-state index is 13.6. The second kappa shape index (κ2) is 5.13. The molecule has 0 fully saturated rings. The van der Waals surface area contributed by atoms with Crippen molar-refractivity contribution in [3.05, 3.63) is 41.0 Å². The Labute approximate surface area is 133 Å². The fraction of sp³-hybridized carbons (Fsp3) is 0.385. The van der Waals surface area contributed by atoms with E-state index in [4.69, 9.17) is 0 Å². The summed E-state index contributed by atoms with van der Waals surface area (Å²) < 4.78 is 104. The van der Waals surface area contributed by atoms with Crippen molar-refractivity contribution in [2.75, 3.05) is 0 Å². The molecule has 25 heavy (non-hydrogen) atoms. The van der Waals surface area contributed by atoms with E-state index in [1.165, 1.54) is 0 Å². The molecule has 0 saturated heterocycles. The van der Waals surface area contributed by atoms with Gasteiger partial charge in [-0.1, -0.05) is 0 Å². The van der Waals surface area contributed by atoms with Gasteiger partial charge in [0.15, 0.2) is 5.69 Å². The van der Waals surface area contributed by atoms with Crippen LogP contribution in [0.3, 0.4) is 0 Å². The molecule has 0 bridgehead atoms. The number of fused-ring (bicyclic) bond motifs is 1. The molecule has 0 aliphatic heterocycles. The number of rotatable bonds is 1. The molecule has 0 amide bonds. The third-order valence-corrected chi connectivity index (χ3v) is 3.65. The molecule has 0 unspecified atom stereocenters. The average molecular weight is 373 g/mol. The van der Waals surface area contributed by atoms with Crippen LogP contribution >= 0.6 is 0 Å². The van der Waals surface area contributed by atoms with Crippen molar-refractivity contribution in [2.45, 2.75) is 30.8 Å². The summed E-state index contributed by atoms with van der Waals surface area (Å²) in [6, 6.07) is 1.24. The van der Waals surface area contributed by atoms with Crippen LogP contribution in [-0.4, -0.2) is 25.8 Å². The van der Waals surface area contributed by atoms with Gasteiger partial charge in [0, 0.05) is 5.56 Å². The van der Waals surface area contributed by atoms with Crippen molar-refractivity contribution in [1.29, 1.82) is 0 Å². The van der Waals surface area contributed by atoms with Gasteiger partial charge < -0.3 is 5.11 Å². The van der Waals surface area contributed by atoms with E-state index in [0.717, 1.165) is 6.07 Å². The SMILES string of the molecule is O[C@H]1c2c(C(F)(F)F)nn(-c3ccc(C(F)(F)F)nc3)c2CC1(F)F. The van der Waals surface area contributed by atoms with Gasteiger partial charge in [0.1, 0.15) is 11.8 Å². The third-order valence-electron chi connectivity index (χ3n) is 3.65. The van der Waals surface area contributed by atoms with Crippen molar-refractivity contribution in [2.24, 2.45) is 0 Å². The molecule has 4 nitrogen and oxygen atoms in total. The summed E-state index contributed by atoms with van der Waals surface area (Å²) in [5.41, 5.74) is -5.11. The second-order valence-electron chi connectivity index (χ2n) is 5.36. The van der Waals surface area contributed by atoms with Crippen LogP contribution in [0.5, 0.6) is 0 Å². The lowest BCUT2D eigenvalue weighted by atomic mass is 10.1. The van der Waals surface area contributed by atoms with Gasteiger partial charge in [0.25, 0.3) is 5.92 Å². The summed E-state index contributed by atoms with van der Waals surface area (Å²) in [5, 5.41) is 12.7. The van der Waals surface area contributed by atoms with Crippen molar-refractivity contribution in [3.63, 3.8) is 0 Å². The standard InChI is InChI=1S/C13H7F8N3O/c14-11(15)3-6-8(10(11)25)9(13(19,20)21)23-24(6)5-1-2-7(22-4-5)12(16,17)18/h1-2,4,10,25H,3H2/t10-/m0/s1. The highest BCUT2D eigenvalue weighted by Gasteiger charge is 2.54. The van der Waals surface area contributed by atoms with Crippen LogP contribution in [0, 0.1) is 0 Å². The topological polar surface area (TPSA) is 50.9 Å². The van der Waals surface area contributed by atoms with Crippen LogP contribution in [0.4, 0.5) is 35.1 Å².